The highest BCUT2D eigenvalue weighted by molar-refractivity contribution is 5.76. The first-order chi connectivity index (χ1) is 36.8. The van der Waals surface area contributed by atoms with Crippen LogP contribution in [-0.4, -0.2) is 193 Å². The van der Waals surface area contributed by atoms with E-state index in [0.29, 0.717) is 12.8 Å². The summed E-state index contributed by atoms with van der Waals surface area (Å²) >= 11 is 0. The molecule has 0 radical (unpaired) electrons. The lowest BCUT2D eigenvalue weighted by molar-refractivity contribution is -0.379. The number of aliphatic hydroxyl groups excluding tert-OH is 11. The molecule has 0 saturated carbocycles. The molecule has 0 aromatic carbocycles. The van der Waals surface area contributed by atoms with E-state index in [1.165, 1.54) is 128 Å². The molecule has 17 atom stereocenters. The molecule has 76 heavy (non-hydrogen) atoms. The third-order valence-electron chi connectivity index (χ3n) is 15.0. The minimum absolute atomic E-state index is 0.239. The van der Waals surface area contributed by atoms with E-state index in [9.17, 15) is 61.0 Å². The molecule has 0 aliphatic carbocycles. The molecule has 0 aromatic rings. The Labute approximate surface area is 454 Å². The average Bonchev–Trinajstić information content (AvgIpc) is 3.42. The van der Waals surface area contributed by atoms with Crippen LogP contribution in [0.5, 0.6) is 0 Å². The van der Waals surface area contributed by atoms with E-state index in [-0.39, 0.29) is 18.9 Å². The van der Waals surface area contributed by atoms with Crippen molar-refractivity contribution in [1.82, 2.24) is 5.32 Å². The first kappa shape index (κ1) is 68.5. The highest BCUT2D eigenvalue weighted by Crippen LogP contribution is 2.33. The van der Waals surface area contributed by atoms with Crippen molar-refractivity contribution in [3.63, 3.8) is 0 Å². The van der Waals surface area contributed by atoms with Crippen molar-refractivity contribution in [2.24, 2.45) is 0 Å². The van der Waals surface area contributed by atoms with Crippen LogP contribution in [0.3, 0.4) is 0 Å². The first-order valence-electron chi connectivity index (χ1n) is 29.6. The molecule has 0 spiro atoms. The molecule has 19 heteroatoms. The predicted octanol–water partition coefficient (Wildman–Crippen LogP) is 4.76. The Morgan fingerprint density at radius 1 is 0.461 bits per heavy atom. The van der Waals surface area contributed by atoms with Crippen LogP contribution in [0.25, 0.3) is 0 Å². The van der Waals surface area contributed by atoms with Gasteiger partial charge in [0, 0.05) is 6.42 Å². The Bertz CT molecular complexity index is 1490. The van der Waals surface area contributed by atoms with Crippen molar-refractivity contribution < 1.29 is 89.4 Å². The van der Waals surface area contributed by atoms with Crippen LogP contribution in [-0.2, 0) is 33.2 Å². The van der Waals surface area contributed by atoms with Crippen molar-refractivity contribution in [2.75, 3.05) is 26.4 Å². The van der Waals surface area contributed by atoms with Crippen molar-refractivity contribution in [3.05, 3.63) is 24.3 Å². The highest BCUT2D eigenvalue weighted by atomic mass is 16.8. The number of hydrogen-bond donors (Lipinski definition) is 12. The van der Waals surface area contributed by atoms with Gasteiger partial charge in [-0.15, -0.1) is 0 Å². The Kier molecular flexibility index (Phi) is 37.2. The van der Waals surface area contributed by atoms with Gasteiger partial charge in [-0.25, -0.2) is 0 Å². The number of ether oxygens (including phenoxy) is 6. The number of aliphatic hydroxyl groups is 11. The van der Waals surface area contributed by atoms with Gasteiger partial charge in [-0.2, -0.15) is 0 Å². The van der Waals surface area contributed by atoms with Crippen LogP contribution >= 0.6 is 0 Å². The van der Waals surface area contributed by atoms with Gasteiger partial charge in [0.15, 0.2) is 18.9 Å². The Balaban J connectivity index is 1.52. The van der Waals surface area contributed by atoms with Gasteiger partial charge >= 0.3 is 0 Å². The summed E-state index contributed by atoms with van der Waals surface area (Å²) in [5, 5.41) is 120. The van der Waals surface area contributed by atoms with Crippen LogP contribution in [0.1, 0.15) is 200 Å². The molecular weight excluding hydrogens is 987 g/mol. The fraction of sp³-hybridized carbons (Fsp3) is 0.912. The number of carbonyl (C=O) groups excluding carboxylic acids is 1. The molecule has 3 heterocycles. The predicted molar refractivity (Wildman–Crippen MR) is 286 cm³/mol. The quantitative estimate of drug-likeness (QED) is 0.0289. The molecule has 3 fully saturated rings. The Morgan fingerprint density at radius 2 is 0.842 bits per heavy atom. The fourth-order valence-corrected chi connectivity index (χ4v) is 10.1. The molecular formula is C57H105NO18. The summed E-state index contributed by atoms with van der Waals surface area (Å²) in [4.78, 5) is 13.3. The summed E-state index contributed by atoms with van der Waals surface area (Å²) < 4.78 is 34.2. The van der Waals surface area contributed by atoms with E-state index in [0.717, 1.165) is 38.5 Å². The van der Waals surface area contributed by atoms with Gasteiger partial charge in [0.2, 0.25) is 5.91 Å². The van der Waals surface area contributed by atoms with E-state index in [4.69, 9.17) is 28.4 Å². The maximum absolute atomic E-state index is 13.3. The zero-order valence-corrected chi connectivity index (χ0v) is 46.2. The zero-order valence-electron chi connectivity index (χ0n) is 46.2. The molecule has 446 valence electrons. The molecule has 3 rings (SSSR count). The highest BCUT2D eigenvalue weighted by Gasteiger charge is 2.53. The summed E-state index contributed by atoms with van der Waals surface area (Å²) in [5.74, 6) is -0.286. The van der Waals surface area contributed by atoms with Crippen molar-refractivity contribution in [3.8, 4) is 0 Å². The summed E-state index contributed by atoms with van der Waals surface area (Å²) in [6.45, 7) is 1.69. The second-order valence-corrected chi connectivity index (χ2v) is 21.5. The summed E-state index contributed by atoms with van der Waals surface area (Å²) in [5.41, 5.74) is 0. The fourth-order valence-electron chi connectivity index (χ4n) is 10.1. The smallest absolute Gasteiger partial charge is 0.220 e. The lowest BCUT2D eigenvalue weighted by Gasteiger charge is -2.48. The summed E-state index contributed by atoms with van der Waals surface area (Å²) in [6, 6.07) is -0.984. The third-order valence-corrected chi connectivity index (χ3v) is 15.0. The third kappa shape index (κ3) is 25.4. The van der Waals surface area contributed by atoms with Crippen LogP contribution < -0.4 is 5.32 Å². The Hall–Kier alpha value is -1.73. The number of carbonyl (C=O) groups is 1. The monoisotopic (exact) mass is 1090 g/mol. The number of allylic oxidation sites excluding steroid dienone is 3. The van der Waals surface area contributed by atoms with Crippen LogP contribution in [0.2, 0.25) is 0 Å². The van der Waals surface area contributed by atoms with Crippen LogP contribution in [0.4, 0.5) is 0 Å². The van der Waals surface area contributed by atoms with Crippen LogP contribution in [0.15, 0.2) is 24.3 Å². The van der Waals surface area contributed by atoms with Crippen molar-refractivity contribution >= 4 is 5.91 Å². The van der Waals surface area contributed by atoms with Gasteiger partial charge < -0.3 is 89.9 Å². The van der Waals surface area contributed by atoms with Gasteiger partial charge in [0.1, 0.15) is 73.2 Å². The number of amides is 1. The molecule has 17 unspecified atom stereocenters. The number of rotatable bonds is 43. The van der Waals surface area contributed by atoms with Gasteiger partial charge in [0.05, 0.1) is 38.6 Å². The molecule has 1 amide bonds. The SMILES string of the molecule is CCCCCCCCCCCCCCC/C=C/CC/C=C/C(O)C(COC1OC(CO)C(OC2OC(CO)C(OC3OC(CO)C(O)C(O)C3O)C(O)C2O)C(O)C1O)NC(=O)CCCCCCCCCCCCCC. The maximum Gasteiger partial charge on any atom is 0.220 e. The zero-order chi connectivity index (χ0) is 55.5. The Morgan fingerprint density at radius 3 is 1.32 bits per heavy atom. The maximum atomic E-state index is 13.3. The molecule has 3 aliphatic rings. The van der Waals surface area contributed by atoms with Crippen molar-refractivity contribution in [1.29, 1.82) is 0 Å². The van der Waals surface area contributed by atoms with E-state index in [1.807, 2.05) is 6.08 Å². The second-order valence-electron chi connectivity index (χ2n) is 21.5. The molecule has 19 nitrogen and oxygen atoms in total. The van der Waals surface area contributed by atoms with Gasteiger partial charge in [-0.05, 0) is 32.1 Å². The van der Waals surface area contributed by atoms with Gasteiger partial charge in [-0.3, -0.25) is 4.79 Å². The number of unbranched alkanes of at least 4 members (excludes halogenated alkanes) is 25. The number of nitrogens with one attached hydrogen (secondary N) is 1. The van der Waals surface area contributed by atoms with E-state index in [2.05, 4.69) is 31.3 Å². The standard InChI is InChI=1S/C57H105NO18/c1-3-5-7-9-11-13-15-17-18-19-20-21-22-23-24-26-28-30-32-34-41(62)40(58-45(63)35-33-31-29-27-25-16-14-12-10-8-6-4-2)39-71-55-51(69)48(66)53(43(37-60)73-55)76-57-52(70)49(67)54(44(38-61)74-57)75-56-50(68)47(65)46(64)42(36-59)72-56/h24,26,32,34,40-44,46-57,59-62,64-70H,3-23,25,27-31,33,35-39H2,1-2H3,(H,58,63)/b26-24+,34-32+. The van der Waals surface area contributed by atoms with Gasteiger partial charge in [-0.1, -0.05) is 186 Å². The average molecular weight is 1090 g/mol. The number of hydrogen-bond acceptors (Lipinski definition) is 18. The molecule has 3 saturated heterocycles. The second kappa shape index (κ2) is 41.3. The topological polar surface area (TPSA) is 307 Å². The minimum atomic E-state index is -1.98. The van der Waals surface area contributed by atoms with Crippen LogP contribution in [0, 0.1) is 0 Å². The first-order valence-corrected chi connectivity index (χ1v) is 29.6. The minimum Gasteiger partial charge on any atom is -0.394 e. The normalized spacial score (nSPS) is 31.1. The largest absolute Gasteiger partial charge is 0.394 e. The van der Waals surface area contributed by atoms with E-state index < -0.39 is 124 Å². The molecule has 0 aromatic heterocycles. The lowest BCUT2D eigenvalue weighted by Crippen LogP contribution is -2.66. The summed E-state index contributed by atoms with van der Waals surface area (Å²) in [7, 11) is 0. The van der Waals surface area contributed by atoms with E-state index in [1.54, 1.807) is 6.08 Å². The van der Waals surface area contributed by atoms with Crippen molar-refractivity contribution in [2.45, 2.75) is 304 Å². The lowest BCUT2D eigenvalue weighted by atomic mass is 9.96. The molecule has 0 bridgehead atoms. The molecule has 3 aliphatic heterocycles. The van der Waals surface area contributed by atoms with Gasteiger partial charge in [0.25, 0.3) is 0 Å². The summed E-state index contributed by atoms with van der Waals surface area (Å²) in [6.07, 6.45) is 14.5. The molecule has 12 N–H and O–H groups in total. The van der Waals surface area contributed by atoms with E-state index >= 15 is 0 Å².